The van der Waals surface area contributed by atoms with E-state index < -0.39 is 6.04 Å². The lowest BCUT2D eigenvalue weighted by Gasteiger charge is -2.21. The molecule has 5 nitrogen and oxygen atoms in total. The molecule has 0 aromatic heterocycles. The van der Waals surface area contributed by atoms with Crippen LogP contribution in [0.1, 0.15) is 25.5 Å². The molecular formula is C25H26N2O3S. The van der Waals surface area contributed by atoms with Gasteiger partial charge in [0.05, 0.1) is 6.04 Å². The number of rotatable bonds is 9. The second kappa shape index (κ2) is 11.2. The SMILES string of the molecule is CC(=O)NC(CSc1ccc(Oc2ccccc2)cc1)C(=O)NC(C)c1ccccc1. The molecule has 0 bridgehead atoms. The summed E-state index contributed by atoms with van der Waals surface area (Å²) in [6, 6.07) is 26.2. The van der Waals surface area contributed by atoms with E-state index in [0.717, 1.165) is 22.0 Å². The van der Waals surface area contributed by atoms with Gasteiger partial charge < -0.3 is 15.4 Å². The van der Waals surface area contributed by atoms with Crippen LogP contribution in [0, 0.1) is 0 Å². The third-order valence-electron chi connectivity index (χ3n) is 4.57. The second-order valence-electron chi connectivity index (χ2n) is 7.09. The van der Waals surface area contributed by atoms with Crippen LogP contribution in [0.15, 0.2) is 89.8 Å². The molecule has 31 heavy (non-hydrogen) atoms. The molecule has 0 saturated heterocycles. The summed E-state index contributed by atoms with van der Waals surface area (Å²) in [6.07, 6.45) is 0. The van der Waals surface area contributed by atoms with Crippen molar-refractivity contribution in [1.29, 1.82) is 0 Å². The summed E-state index contributed by atoms with van der Waals surface area (Å²) < 4.78 is 5.81. The van der Waals surface area contributed by atoms with Crippen molar-refractivity contribution < 1.29 is 14.3 Å². The number of thioether (sulfide) groups is 1. The summed E-state index contributed by atoms with van der Waals surface area (Å²) in [4.78, 5) is 25.4. The maximum atomic E-state index is 12.8. The number of nitrogens with one attached hydrogen (secondary N) is 2. The van der Waals surface area contributed by atoms with Crippen molar-refractivity contribution in [2.45, 2.75) is 30.8 Å². The summed E-state index contributed by atoms with van der Waals surface area (Å²) in [5.74, 6) is 1.50. The first kappa shape index (κ1) is 22.4. The molecule has 2 atom stereocenters. The van der Waals surface area contributed by atoms with Crippen LogP contribution in [0.4, 0.5) is 0 Å². The van der Waals surface area contributed by atoms with Gasteiger partial charge in [-0.1, -0.05) is 48.5 Å². The van der Waals surface area contributed by atoms with Gasteiger partial charge in [0.1, 0.15) is 17.5 Å². The third kappa shape index (κ3) is 7.19. The zero-order valence-electron chi connectivity index (χ0n) is 17.6. The number of hydrogen-bond acceptors (Lipinski definition) is 4. The molecule has 0 aliphatic rings. The van der Waals surface area contributed by atoms with Crippen LogP contribution < -0.4 is 15.4 Å². The first-order valence-electron chi connectivity index (χ1n) is 10.1. The van der Waals surface area contributed by atoms with Crippen molar-refractivity contribution in [3.63, 3.8) is 0 Å². The number of carbonyl (C=O) groups is 2. The maximum Gasteiger partial charge on any atom is 0.243 e. The molecule has 0 aliphatic carbocycles. The molecular weight excluding hydrogens is 408 g/mol. The Hall–Kier alpha value is -3.25. The maximum absolute atomic E-state index is 12.8. The quantitative estimate of drug-likeness (QED) is 0.468. The van der Waals surface area contributed by atoms with Crippen molar-refractivity contribution in [3.05, 3.63) is 90.5 Å². The van der Waals surface area contributed by atoms with Crippen LogP contribution in [0.2, 0.25) is 0 Å². The van der Waals surface area contributed by atoms with Gasteiger partial charge in [-0.3, -0.25) is 9.59 Å². The number of benzene rings is 3. The Labute approximate surface area is 187 Å². The van der Waals surface area contributed by atoms with Gasteiger partial charge >= 0.3 is 0 Å². The molecule has 0 spiro atoms. The van der Waals surface area contributed by atoms with Gasteiger partial charge in [0, 0.05) is 17.6 Å². The fraction of sp³-hybridized carbons (Fsp3) is 0.200. The molecule has 0 saturated carbocycles. The van der Waals surface area contributed by atoms with E-state index >= 15 is 0 Å². The number of carbonyl (C=O) groups excluding carboxylic acids is 2. The first-order chi connectivity index (χ1) is 15.0. The summed E-state index contributed by atoms with van der Waals surface area (Å²) in [7, 11) is 0. The Morgan fingerprint density at radius 2 is 1.42 bits per heavy atom. The molecule has 0 fully saturated rings. The van der Waals surface area contributed by atoms with Gasteiger partial charge in [0.2, 0.25) is 11.8 Å². The first-order valence-corrected chi connectivity index (χ1v) is 11.1. The van der Waals surface area contributed by atoms with Crippen molar-refractivity contribution >= 4 is 23.6 Å². The Kier molecular flexibility index (Phi) is 8.12. The van der Waals surface area contributed by atoms with Gasteiger partial charge in [0.15, 0.2) is 0 Å². The molecule has 2 amide bonds. The highest BCUT2D eigenvalue weighted by atomic mass is 32.2. The van der Waals surface area contributed by atoms with E-state index in [-0.39, 0.29) is 17.9 Å². The van der Waals surface area contributed by atoms with E-state index in [1.54, 1.807) is 0 Å². The van der Waals surface area contributed by atoms with Gasteiger partial charge in [-0.15, -0.1) is 11.8 Å². The number of ether oxygens (including phenoxy) is 1. The predicted octanol–water partition coefficient (Wildman–Crippen LogP) is 4.95. The fourth-order valence-electron chi connectivity index (χ4n) is 2.98. The Morgan fingerprint density at radius 3 is 2.03 bits per heavy atom. The highest BCUT2D eigenvalue weighted by Gasteiger charge is 2.21. The minimum atomic E-state index is -0.631. The lowest BCUT2D eigenvalue weighted by molar-refractivity contribution is -0.127. The van der Waals surface area contributed by atoms with E-state index in [2.05, 4.69) is 10.6 Å². The average Bonchev–Trinajstić information content (AvgIpc) is 2.78. The van der Waals surface area contributed by atoms with Crippen molar-refractivity contribution in [2.75, 3.05) is 5.75 Å². The summed E-state index contributed by atoms with van der Waals surface area (Å²) >= 11 is 1.51. The van der Waals surface area contributed by atoms with Crippen LogP contribution in [0.5, 0.6) is 11.5 Å². The highest BCUT2D eigenvalue weighted by Crippen LogP contribution is 2.25. The van der Waals surface area contributed by atoms with Gasteiger partial charge in [-0.25, -0.2) is 0 Å². The van der Waals surface area contributed by atoms with E-state index in [9.17, 15) is 9.59 Å². The molecule has 2 N–H and O–H groups in total. The van der Waals surface area contributed by atoms with Crippen LogP contribution in [0.25, 0.3) is 0 Å². The summed E-state index contributed by atoms with van der Waals surface area (Å²) in [6.45, 7) is 3.35. The number of para-hydroxylation sites is 1. The van der Waals surface area contributed by atoms with Crippen molar-refractivity contribution in [2.24, 2.45) is 0 Å². The molecule has 3 aromatic carbocycles. The van der Waals surface area contributed by atoms with Crippen LogP contribution in [-0.4, -0.2) is 23.6 Å². The minimum absolute atomic E-state index is 0.149. The zero-order chi connectivity index (χ0) is 22.1. The summed E-state index contributed by atoms with van der Waals surface area (Å²) in [5.41, 5.74) is 1.01. The fourth-order valence-corrected chi connectivity index (χ4v) is 3.90. The largest absolute Gasteiger partial charge is 0.457 e. The van der Waals surface area contributed by atoms with Gasteiger partial charge in [-0.2, -0.15) is 0 Å². The lowest BCUT2D eigenvalue weighted by Crippen LogP contribution is -2.48. The second-order valence-corrected chi connectivity index (χ2v) is 8.19. The summed E-state index contributed by atoms with van der Waals surface area (Å²) in [5, 5.41) is 5.74. The Morgan fingerprint density at radius 1 is 0.839 bits per heavy atom. The van der Waals surface area contributed by atoms with Crippen LogP contribution >= 0.6 is 11.8 Å². The van der Waals surface area contributed by atoms with E-state index in [1.807, 2.05) is 91.9 Å². The standard InChI is InChI=1S/C25H26N2O3S/c1-18(20-9-5-3-6-10-20)26-25(29)24(27-19(2)28)17-31-23-15-13-22(14-16-23)30-21-11-7-4-8-12-21/h3-16,18,24H,17H2,1-2H3,(H,26,29)(H,27,28). The van der Waals surface area contributed by atoms with Crippen LogP contribution in [-0.2, 0) is 9.59 Å². The molecule has 0 aliphatic heterocycles. The number of hydrogen-bond donors (Lipinski definition) is 2. The molecule has 2 unspecified atom stereocenters. The van der Waals surface area contributed by atoms with E-state index in [0.29, 0.717) is 5.75 Å². The Balaban J connectivity index is 1.57. The highest BCUT2D eigenvalue weighted by molar-refractivity contribution is 7.99. The molecule has 3 rings (SSSR count). The molecule has 160 valence electrons. The predicted molar refractivity (Wildman–Crippen MR) is 124 cm³/mol. The monoisotopic (exact) mass is 434 g/mol. The van der Waals surface area contributed by atoms with Crippen molar-refractivity contribution in [3.8, 4) is 11.5 Å². The molecule has 3 aromatic rings. The van der Waals surface area contributed by atoms with Crippen LogP contribution in [0.3, 0.4) is 0 Å². The minimum Gasteiger partial charge on any atom is -0.457 e. The molecule has 0 radical (unpaired) electrons. The van der Waals surface area contributed by atoms with E-state index in [1.165, 1.54) is 18.7 Å². The zero-order valence-corrected chi connectivity index (χ0v) is 18.4. The third-order valence-corrected chi connectivity index (χ3v) is 5.68. The van der Waals surface area contributed by atoms with Gasteiger partial charge in [-0.05, 0) is 48.9 Å². The molecule has 6 heteroatoms. The normalized spacial score (nSPS) is 12.5. The molecule has 0 heterocycles. The van der Waals surface area contributed by atoms with Crippen molar-refractivity contribution in [1.82, 2.24) is 10.6 Å². The van der Waals surface area contributed by atoms with Gasteiger partial charge in [0.25, 0.3) is 0 Å². The Bertz CT molecular complexity index is 979. The van der Waals surface area contributed by atoms with E-state index in [4.69, 9.17) is 4.74 Å². The lowest BCUT2D eigenvalue weighted by atomic mass is 10.1. The average molecular weight is 435 g/mol. The smallest absolute Gasteiger partial charge is 0.243 e. The number of amides is 2. The topological polar surface area (TPSA) is 67.4 Å².